The molecule has 0 bridgehead atoms. The number of amides is 1. The van der Waals surface area contributed by atoms with Gasteiger partial charge in [-0.2, -0.15) is 0 Å². The lowest BCUT2D eigenvalue weighted by molar-refractivity contribution is 0.0786. The van der Waals surface area contributed by atoms with Crippen LogP contribution in [-0.4, -0.2) is 30.9 Å². The Kier molecular flexibility index (Phi) is 4.41. The fourth-order valence-electron chi connectivity index (χ4n) is 1.50. The number of nitrogens with zero attached hydrogens (tertiary/aromatic N) is 1. The fourth-order valence-corrected chi connectivity index (χ4v) is 1.50. The molecule has 0 aliphatic carbocycles. The monoisotopic (exact) mass is 216 g/mol. The maximum atomic E-state index is 12.1. The van der Waals surface area contributed by atoms with Crippen molar-refractivity contribution in [2.75, 3.05) is 25.5 Å². The van der Waals surface area contributed by atoms with Crippen LogP contribution in [-0.2, 0) is 0 Å². The van der Waals surface area contributed by atoms with Gasteiger partial charge in [0.05, 0.1) is 12.1 Å². The maximum Gasteiger partial charge on any atom is 0.256 e. The Balaban J connectivity index is 2.99. The predicted octanol–water partition coefficient (Wildman–Crippen LogP) is 1.82. The van der Waals surface area contributed by atoms with Gasteiger partial charge in [-0.3, -0.25) is 4.79 Å². The number of benzene rings is 1. The molecule has 0 aliphatic heterocycles. The van der Waals surface area contributed by atoms with Gasteiger partial charge in [0.1, 0.15) is 0 Å². The summed E-state index contributed by atoms with van der Waals surface area (Å²) in [5.74, 6) is 2.45. The van der Waals surface area contributed by atoms with Gasteiger partial charge in [-0.15, -0.1) is 6.42 Å². The number of para-hydroxylation sites is 1. The van der Waals surface area contributed by atoms with Crippen molar-refractivity contribution in [1.82, 2.24) is 4.90 Å². The summed E-state index contributed by atoms with van der Waals surface area (Å²) >= 11 is 0. The van der Waals surface area contributed by atoms with E-state index in [2.05, 4.69) is 11.2 Å². The minimum absolute atomic E-state index is 0.0367. The predicted molar refractivity (Wildman–Crippen MR) is 66.4 cm³/mol. The van der Waals surface area contributed by atoms with Crippen molar-refractivity contribution in [3.05, 3.63) is 29.8 Å². The van der Waals surface area contributed by atoms with E-state index >= 15 is 0 Å². The lowest BCUT2D eigenvalue weighted by Gasteiger charge is -2.19. The minimum atomic E-state index is -0.0367. The zero-order chi connectivity index (χ0) is 12.0. The van der Waals surface area contributed by atoms with Gasteiger partial charge in [0.2, 0.25) is 0 Å². The smallest absolute Gasteiger partial charge is 0.256 e. The first-order valence-corrected chi connectivity index (χ1v) is 5.24. The van der Waals surface area contributed by atoms with E-state index in [-0.39, 0.29) is 5.91 Å². The summed E-state index contributed by atoms with van der Waals surface area (Å²) in [6, 6.07) is 7.40. The lowest BCUT2D eigenvalue weighted by atomic mass is 10.1. The summed E-state index contributed by atoms with van der Waals surface area (Å²) < 4.78 is 0. The third-order valence-corrected chi connectivity index (χ3v) is 2.38. The Hall–Kier alpha value is -1.95. The fraction of sp³-hybridized carbons (Fsp3) is 0.308. The van der Waals surface area contributed by atoms with Crippen LogP contribution in [0.4, 0.5) is 5.69 Å². The number of hydrogen-bond donors (Lipinski definition) is 1. The van der Waals surface area contributed by atoms with Crippen molar-refractivity contribution in [1.29, 1.82) is 0 Å². The highest BCUT2D eigenvalue weighted by atomic mass is 16.2. The first-order valence-electron chi connectivity index (χ1n) is 5.24. The Morgan fingerprint density at radius 1 is 1.50 bits per heavy atom. The van der Waals surface area contributed by atoms with Crippen LogP contribution in [0.5, 0.6) is 0 Å². The molecule has 0 spiro atoms. The maximum absolute atomic E-state index is 12.1. The van der Waals surface area contributed by atoms with E-state index in [1.165, 1.54) is 0 Å². The van der Waals surface area contributed by atoms with Crippen molar-refractivity contribution in [3.8, 4) is 12.3 Å². The molecule has 0 unspecified atom stereocenters. The molecule has 0 heterocycles. The molecule has 1 amide bonds. The second kappa shape index (κ2) is 5.82. The zero-order valence-corrected chi connectivity index (χ0v) is 9.66. The zero-order valence-electron chi connectivity index (χ0n) is 9.66. The van der Waals surface area contributed by atoms with Crippen molar-refractivity contribution in [2.45, 2.75) is 6.92 Å². The molecule has 0 fully saturated rings. The molecule has 3 heteroatoms. The number of nitrogens with one attached hydrogen (secondary N) is 1. The molecule has 1 aromatic carbocycles. The first kappa shape index (κ1) is 12.1. The highest BCUT2D eigenvalue weighted by molar-refractivity contribution is 5.99. The van der Waals surface area contributed by atoms with E-state index in [0.717, 1.165) is 5.69 Å². The van der Waals surface area contributed by atoms with Gasteiger partial charge in [-0.25, -0.2) is 0 Å². The van der Waals surface area contributed by atoms with Crippen LogP contribution in [0.2, 0.25) is 0 Å². The minimum Gasteiger partial charge on any atom is -0.387 e. The van der Waals surface area contributed by atoms with E-state index in [1.807, 2.05) is 25.1 Å². The van der Waals surface area contributed by atoms with Gasteiger partial charge in [-0.1, -0.05) is 18.1 Å². The van der Waals surface area contributed by atoms with E-state index in [1.54, 1.807) is 18.0 Å². The summed E-state index contributed by atoms with van der Waals surface area (Å²) in [5.41, 5.74) is 1.48. The standard InChI is InChI=1S/C13H16N2O/c1-4-10-15(5-2)13(16)11-8-6-7-9-12(11)14-3/h1,6-9,14H,5,10H2,2-3H3. The van der Waals surface area contributed by atoms with Crippen LogP contribution in [0.1, 0.15) is 17.3 Å². The second-order valence-corrected chi connectivity index (χ2v) is 3.32. The van der Waals surface area contributed by atoms with Crippen molar-refractivity contribution >= 4 is 11.6 Å². The highest BCUT2D eigenvalue weighted by Crippen LogP contribution is 2.16. The molecule has 1 N–H and O–H groups in total. The average molecular weight is 216 g/mol. The quantitative estimate of drug-likeness (QED) is 0.779. The number of terminal acetylenes is 1. The molecule has 1 rings (SSSR count). The Labute approximate surface area is 96.5 Å². The third-order valence-electron chi connectivity index (χ3n) is 2.38. The van der Waals surface area contributed by atoms with Crippen molar-refractivity contribution in [2.24, 2.45) is 0 Å². The van der Waals surface area contributed by atoms with Gasteiger partial charge in [0, 0.05) is 19.3 Å². The van der Waals surface area contributed by atoms with Crippen LogP contribution in [0.3, 0.4) is 0 Å². The van der Waals surface area contributed by atoms with Gasteiger partial charge in [0.25, 0.3) is 5.91 Å². The van der Waals surface area contributed by atoms with Gasteiger partial charge < -0.3 is 10.2 Å². The summed E-state index contributed by atoms with van der Waals surface area (Å²) in [4.78, 5) is 13.8. The van der Waals surface area contributed by atoms with Crippen molar-refractivity contribution < 1.29 is 4.79 Å². The van der Waals surface area contributed by atoms with Gasteiger partial charge >= 0.3 is 0 Å². The number of anilines is 1. The van der Waals surface area contributed by atoms with Gasteiger partial charge in [-0.05, 0) is 19.1 Å². The number of carbonyl (C=O) groups is 1. The Morgan fingerprint density at radius 3 is 2.75 bits per heavy atom. The van der Waals surface area contributed by atoms with Crippen LogP contribution in [0.25, 0.3) is 0 Å². The van der Waals surface area contributed by atoms with E-state index in [4.69, 9.17) is 6.42 Å². The molecule has 3 nitrogen and oxygen atoms in total. The lowest BCUT2D eigenvalue weighted by Crippen LogP contribution is -2.31. The molecule has 0 saturated carbocycles. The molecule has 0 aromatic heterocycles. The van der Waals surface area contributed by atoms with Crippen LogP contribution in [0.15, 0.2) is 24.3 Å². The summed E-state index contributed by atoms with van der Waals surface area (Å²) in [5, 5.41) is 3.00. The Morgan fingerprint density at radius 2 is 2.19 bits per heavy atom. The van der Waals surface area contributed by atoms with E-state index in [9.17, 15) is 4.79 Å². The van der Waals surface area contributed by atoms with Gasteiger partial charge in [0.15, 0.2) is 0 Å². The summed E-state index contributed by atoms with van der Waals surface area (Å²) in [6.45, 7) is 2.87. The summed E-state index contributed by atoms with van der Waals surface area (Å²) in [6.07, 6.45) is 5.23. The molecule has 84 valence electrons. The van der Waals surface area contributed by atoms with Crippen LogP contribution in [0, 0.1) is 12.3 Å². The van der Waals surface area contributed by atoms with Crippen LogP contribution < -0.4 is 5.32 Å². The van der Waals surface area contributed by atoms with Crippen molar-refractivity contribution in [3.63, 3.8) is 0 Å². The molecular formula is C13H16N2O. The molecule has 16 heavy (non-hydrogen) atoms. The number of hydrogen-bond acceptors (Lipinski definition) is 2. The average Bonchev–Trinajstić information content (AvgIpc) is 2.35. The molecule has 0 aliphatic rings. The molecule has 1 aromatic rings. The first-order chi connectivity index (χ1) is 7.74. The SMILES string of the molecule is C#CCN(CC)C(=O)c1ccccc1NC. The summed E-state index contributed by atoms with van der Waals surface area (Å²) in [7, 11) is 1.80. The molecule has 0 radical (unpaired) electrons. The van der Waals surface area contributed by atoms with E-state index in [0.29, 0.717) is 18.7 Å². The largest absolute Gasteiger partial charge is 0.387 e. The third kappa shape index (κ3) is 2.54. The highest BCUT2D eigenvalue weighted by Gasteiger charge is 2.15. The number of carbonyl (C=O) groups excluding carboxylic acids is 1. The number of rotatable bonds is 4. The van der Waals surface area contributed by atoms with Crippen LogP contribution >= 0.6 is 0 Å². The molecule has 0 saturated heterocycles. The Bertz CT molecular complexity index is 407. The second-order valence-electron chi connectivity index (χ2n) is 3.32. The normalized spacial score (nSPS) is 9.31. The van der Waals surface area contributed by atoms with E-state index < -0.39 is 0 Å². The molecular weight excluding hydrogens is 200 g/mol. The topological polar surface area (TPSA) is 32.3 Å². The molecule has 0 atom stereocenters.